The summed E-state index contributed by atoms with van der Waals surface area (Å²) in [6.45, 7) is 0.348. The summed E-state index contributed by atoms with van der Waals surface area (Å²) in [5, 5.41) is 11.3. The number of aliphatic carboxylic acids is 1. The number of hydrogen-bond acceptors (Lipinski definition) is 4. The number of anilines is 1. The van der Waals surface area contributed by atoms with E-state index < -0.39 is 5.97 Å². The Morgan fingerprint density at radius 1 is 1.13 bits per heavy atom. The smallest absolute Gasteiger partial charge is 0.303 e. The van der Waals surface area contributed by atoms with Crippen LogP contribution in [-0.4, -0.2) is 23.6 Å². The molecule has 0 aliphatic heterocycles. The zero-order valence-electron chi connectivity index (χ0n) is 12.7. The van der Waals surface area contributed by atoms with Crippen molar-refractivity contribution < 1.29 is 23.8 Å². The summed E-state index contributed by atoms with van der Waals surface area (Å²) in [5.74, 6) is 0.506. The molecule has 122 valence electrons. The lowest BCUT2D eigenvalue weighted by Crippen LogP contribution is -2.12. The molecule has 6 heteroatoms. The summed E-state index contributed by atoms with van der Waals surface area (Å²) in [6.07, 6.45) is 3.04. The molecule has 1 amide bonds. The number of carboxylic acid groups (broad SMARTS) is 1. The van der Waals surface area contributed by atoms with Crippen LogP contribution in [0.4, 0.5) is 5.69 Å². The fraction of sp³-hybridized carbons (Fsp3) is 0.294. The Bertz CT molecular complexity index is 619. The van der Waals surface area contributed by atoms with Crippen LogP contribution in [0.1, 0.15) is 25.0 Å². The summed E-state index contributed by atoms with van der Waals surface area (Å²) < 4.78 is 10.6. The molecule has 6 nitrogen and oxygen atoms in total. The summed E-state index contributed by atoms with van der Waals surface area (Å²) in [4.78, 5) is 22.2. The van der Waals surface area contributed by atoms with E-state index in [4.69, 9.17) is 14.3 Å². The van der Waals surface area contributed by atoms with Gasteiger partial charge in [-0.25, -0.2) is 0 Å². The van der Waals surface area contributed by atoms with Crippen molar-refractivity contribution in [3.63, 3.8) is 0 Å². The molecule has 0 saturated heterocycles. The third-order valence-electron chi connectivity index (χ3n) is 3.12. The average molecular weight is 317 g/mol. The summed E-state index contributed by atoms with van der Waals surface area (Å²) in [7, 11) is 0. The fourth-order valence-corrected chi connectivity index (χ4v) is 1.96. The molecule has 0 aliphatic carbocycles. The molecule has 1 aromatic carbocycles. The van der Waals surface area contributed by atoms with Crippen LogP contribution in [0.3, 0.4) is 0 Å². The zero-order chi connectivity index (χ0) is 16.5. The number of ether oxygens (including phenoxy) is 1. The van der Waals surface area contributed by atoms with Gasteiger partial charge < -0.3 is 19.6 Å². The van der Waals surface area contributed by atoms with Crippen molar-refractivity contribution >= 4 is 17.6 Å². The van der Waals surface area contributed by atoms with Gasteiger partial charge in [0, 0.05) is 24.9 Å². The topological polar surface area (TPSA) is 88.8 Å². The predicted molar refractivity (Wildman–Crippen MR) is 84.5 cm³/mol. The number of furan rings is 1. The number of benzene rings is 1. The Kier molecular flexibility index (Phi) is 6.23. The third-order valence-corrected chi connectivity index (χ3v) is 3.12. The van der Waals surface area contributed by atoms with Crippen molar-refractivity contribution in [3.8, 4) is 5.75 Å². The Balaban J connectivity index is 1.71. The van der Waals surface area contributed by atoms with Gasteiger partial charge in [0.05, 0.1) is 12.9 Å². The van der Waals surface area contributed by atoms with E-state index in [0.717, 1.165) is 5.76 Å². The second-order valence-corrected chi connectivity index (χ2v) is 5.00. The molecule has 0 saturated carbocycles. The van der Waals surface area contributed by atoms with Gasteiger partial charge in [0.2, 0.25) is 5.91 Å². The first-order valence-corrected chi connectivity index (χ1v) is 7.40. The first-order chi connectivity index (χ1) is 11.1. The molecule has 0 spiro atoms. The highest BCUT2D eigenvalue weighted by atomic mass is 16.5. The van der Waals surface area contributed by atoms with Crippen LogP contribution in [-0.2, 0) is 16.0 Å². The normalized spacial score (nSPS) is 10.3. The number of carbonyl (C=O) groups excluding carboxylic acids is 1. The minimum absolute atomic E-state index is 0.0865. The molecule has 1 aromatic heterocycles. The van der Waals surface area contributed by atoms with E-state index in [0.29, 0.717) is 37.3 Å². The fourth-order valence-electron chi connectivity index (χ4n) is 1.96. The number of rotatable bonds is 9. The SMILES string of the molecule is O=C(O)CCCOc1ccc(NC(=O)CCc2ccco2)cc1. The Labute approximate surface area is 134 Å². The van der Waals surface area contributed by atoms with Gasteiger partial charge >= 0.3 is 5.97 Å². The predicted octanol–water partition coefficient (Wildman–Crippen LogP) is 3.09. The molecule has 23 heavy (non-hydrogen) atoms. The molecule has 0 fully saturated rings. The van der Waals surface area contributed by atoms with Crippen LogP contribution in [0.5, 0.6) is 5.75 Å². The minimum atomic E-state index is -0.832. The summed E-state index contributed by atoms with van der Waals surface area (Å²) in [6, 6.07) is 10.6. The lowest BCUT2D eigenvalue weighted by Gasteiger charge is -2.08. The van der Waals surface area contributed by atoms with Crippen LogP contribution in [0, 0.1) is 0 Å². The first-order valence-electron chi connectivity index (χ1n) is 7.40. The van der Waals surface area contributed by atoms with E-state index in [9.17, 15) is 9.59 Å². The maximum Gasteiger partial charge on any atom is 0.303 e. The Morgan fingerprint density at radius 2 is 1.91 bits per heavy atom. The van der Waals surface area contributed by atoms with Gasteiger partial charge in [0.15, 0.2) is 0 Å². The number of carboxylic acids is 1. The molecular weight excluding hydrogens is 298 g/mol. The van der Waals surface area contributed by atoms with Crippen LogP contribution in [0.25, 0.3) is 0 Å². The molecule has 0 aliphatic rings. The van der Waals surface area contributed by atoms with Gasteiger partial charge in [-0.05, 0) is 42.8 Å². The van der Waals surface area contributed by atoms with E-state index in [1.807, 2.05) is 6.07 Å². The molecule has 0 unspecified atom stereocenters. The van der Waals surface area contributed by atoms with Crippen molar-refractivity contribution in [2.45, 2.75) is 25.7 Å². The number of carbonyl (C=O) groups is 2. The highest BCUT2D eigenvalue weighted by Gasteiger charge is 2.05. The van der Waals surface area contributed by atoms with Crippen molar-refractivity contribution in [1.29, 1.82) is 0 Å². The molecule has 2 rings (SSSR count). The van der Waals surface area contributed by atoms with Crippen LogP contribution >= 0.6 is 0 Å². The summed E-state index contributed by atoms with van der Waals surface area (Å²) in [5.41, 5.74) is 0.687. The number of hydrogen-bond donors (Lipinski definition) is 2. The van der Waals surface area contributed by atoms with Gasteiger partial charge in [0.25, 0.3) is 0 Å². The highest BCUT2D eigenvalue weighted by molar-refractivity contribution is 5.90. The van der Waals surface area contributed by atoms with Gasteiger partial charge in [-0.3, -0.25) is 9.59 Å². The average Bonchev–Trinajstić information content (AvgIpc) is 3.04. The highest BCUT2D eigenvalue weighted by Crippen LogP contribution is 2.16. The van der Waals surface area contributed by atoms with Crippen LogP contribution < -0.4 is 10.1 Å². The van der Waals surface area contributed by atoms with E-state index in [-0.39, 0.29) is 12.3 Å². The number of nitrogens with one attached hydrogen (secondary N) is 1. The Morgan fingerprint density at radius 3 is 2.57 bits per heavy atom. The molecular formula is C17H19NO5. The monoisotopic (exact) mass is 317 g/mol. The number of aryl methyl sites for hydroxylation is 1. The van der Waals surface area contributed by atoms with E-state index in [1.165, 1.54) is 0 Å². The van der Waals surface area contributed by atoms with Crippen LogP contribution in [0.15, 0.2) is 47.1 Å². The maximum atomic E-state index is 11.8. The molecule has 0 bridgehead atoms. The largest absolute Gasteiger partial charge is 0.494 e. The van der Waals surface area contributed by atoms with Gasteiger partial charge in [-0.1, -0.05) is 0 Å². The molecule has 0 radical (unpaired) electrons. The zero-order valence-corrected chi connectivity index (χ0v) is 12.7. The Hall–Kier alpha value is -2.76. The summed E-state index contributed by atoms with van der Waals surface area (Å²) >= 11 is 0. The van der Waals surface area contributed by atoms with Crippen molar-refractivity contribution in [3.05, 3.63) is 48.4 Å². The molecule has 0 atom stereocenters. The second kappa shape index (κ2) is 8.63. The maximum absolute atomic E-state index is 11.8. The molecule has 1 heterocycles. The van der Waals surface area contributed by atoms with E-state index >= 15 is 0 Å². The van der Waals surface area contributed by atoms with Crippen LogP contribution in [0.2, 0.25) is 0 Å². The van der Waals surface area contributed by atoms with E-state index in [2.05, 4.69) is 5.32 Å². The van der Waals surface area contributed by atoms with Gasteiger partial charge in [-0.2, -0.15) is 0 Å². The standard InChI is InChI=1S/C17H19NO5/c19-16(10-9-14-3-1-11-22-14)18-13-5-7-15(8-6-13)23-12-2-4-17(20)21/h1,3,5-8,11H,2,4,9-10,12H2,(H,18,19)(H,20,21). The quantitative estimate of drug-likeness (QED) is 0.694. The molecule has 2 aromatic rings. The van der Waals surface area contributed by atoms with Crippen molar-refractivity contribution in [2.24, 2.45) is 0 Å². The second-order valence-electron chi connectivity index (χ2n) is 5.00. The lowest BCUT2D eigenvalue weighted by atomic mass is 10.2. The minimum Gasteiger partial charge on any atom is -0.494 e. The van der Waals surface area contributed by atoms with Gasteiger partial charge in [-0.15, -0.1) is 0 Å². The number of amides is 1. The van der Waals surface area contributed by atoms with Gasteiger partial charge in [0.1, 0.15) is 11.5 Å². The van der Waals surface area contributed by atoms with Crippen molar-refractivity contribution in [2.75, 3.05) is 11.9 Å². The third kappa shape index (κ3) is 6.25. The lowest BCUT2D eigenvalue weighted by molar-refractivity contribution is -0.137. The van der Waals surface area contributed by atoms with E-state index in [1.54, 1.807) is 36.6 Å². The van der Waals surface area contributed by atoms with Crippen molar-refractivity contribution in [1.82, 2.24) is 0 Å². The molecule has 2 N–H and O–H groups in total. The first kappa shape index (κ1) is 16.6.